The predicted molar refractivity (Wildman–Crippen MR) is 87.7 cm³/mol. The van der Waals surface area contributed by atoms with E-state index in [2.05, 4.69) is 13.8 Å². The van der Waals surface area contributed by atoms with Gasteiger partial charge >= 0.3 is 5.97 Å². The van der Waals surface area contributed by atoms with E-state index in [1.807, 2.05) is 19.9 Å². The van der Waals surface area contributed by atoms with Gasteiger partial charge < -0.3 is 14.9 Å². The van der Waals surface area contributed by atoms with E-state index in [0.717, 1.165) is 24.8 Å². The summed E-state index contributed by atoms with van der Waals surface area (Å²) in [6.07, 6.45) is 2.98. The van der Waals surface area contributed by atoms with Gasteiger partial charge in [-0.25, -0.2) is 0 Å². The molecule has 3 aliphatic rings. The first-order chi connectivity index (χ1) is 10.8. The molecule has 2 bridgehead atoms. The predicted octanol–water partition coefficient (Wildman–Crippen LogP) is 4.29. The highest BCUT2D eigenvalue weighted by molar-refractivity contribution is 5.89. The Kier molecular flexibility index (Phi) is 3.81. The smallest absolute Gasteiger partial charge is 0.317 e. The summed E-state index contributed by atoms with van der Waals surface area (Å²) >= 11 is 0. The van der Waals surface area contributed by atoms with Crippen molar-refractivity contribution in [2.75, 3.05) is 0 Å². The molecule has 4 heteroatoms. The Morgan fingerprint density at radius 3 is 2.61 bits per heavy atom. The first-order valence-corrected chi connectivity index (χ1v) is 8.64. The number of carbonyl (C=O) groups is 1. The van der Waals surface area contributed by atoms with Crippen LogP contribution in [-0.4, -0.2) is 16.2 Å². The minimum absolute atomic E-state index is 0.0813. The molecule has 0 saturated carbocycles. The van der Waals surface area contributed by atoms with Crippen molar-refractivity contribution in [1.29, 1.82) is 0 Å². The van der Waals surface area contributed by atoms with Crippen molar-refractivity contribution >= 4 is 5.97 Å². The summed E-state index contributed by atoms with van der Waals surface area (Å²) in [7, 11) is 0. The number of rotatable bonds is 4. The van der Waals surface area contributed by atoms with Crippen LogP contribution in [0.1, 0.15) is 82.1 Å². The van der Waals surface area contributed by atoms with Gasteiger partial charge in [0.25, 0.3) is 0 Å². The number of benzene rings is 1. The standard InChI is InChI=1S/C19H26O4/c1-5-6-7-19-11(4)8-14(23-18(19)22)13-9-12(10(2)3)16(20)17(21)15(13)19/h9-11,14,20-21H,5-8H2,1-4H3/t11?,14-,19+/m0/s1. The third kappa shape index (κ3) is 2.07. The van der Waals surface area contributed by atoms with Gasteiger partial charge in [0, 0.05) is 16.7 Å². The SMILES string of the molecule is CCCC[C@@]12C(=O)O[C@@H](CC1C)c1cc(C(C)C)c(O)c(O)c12. The maximum Gasteiger partial charge on any atom is 0.317 e. The molecular formula is C19H26O4. The van der Waals surface area contributed by atoms with Gasteiger partial charge in [-0.2, -0.15) is 0 Å². The number of hydrogen-bond acceptors (Lipinski definition) is 4. The second-order valence-electron chi connectivity index (χ2n) is 7.39. The number of phenols is 2. The molecule has 1 saturated heterocycles. The van der Waals surface area contributed by atoms with Gasteiger partial charge in [0.15, 0.2) is 11.5 Å². The zero-order valence-corrected chi connectivity index (χ0v) is 14.3. The molecule has 0 radical (unpaired) electrons. The lowest BCUT2D eigenvalue weighted by atomic mass is 9.58. The monoisotopic (exact) mass is 318 g/mol. The number of esters is 1. The van der Waals surface area contributed by atoms with Crippen LogP contribution in [0.2, 0.25) is 0 Å². The number of aromatic hydroxyl groups is 2. The molecule has 0 amide bonds. The van der Waals surface area contributed by atoms with Crippen LogP contribution in [0, 0.1) is 5.92 Å². The summed E-state index contributed by atoms with van der Waals surface area (Å²) < 4.78 is 5.68. The van der Waals surface area contributed by atoms with Crippen molar-refractivity contribution in [3.63, 3.8) is 0 Å². The molecule has 2 aliphatic heterocycles. The maximum absolute atomic E-state index is 12.7. The van der Waals surface area contributed by atoms with Gasteiger partial charge in [-0.3, -0.25) is 4.79 Å². The van der Waals surface area contributed by atoms with Gasteiger partial charge in [-0.05, 0) is 30.7 Å². The molecular weight excluding hydrogens is 292 g/mol. The topological polar surface area (TPSA) is 66.8 Å². The number of fused-ring (bicyclic) bond motifs is 2. The van der Waals surface area contributed by atoms with Crippen LogP contribution in [0.5, 0.6) is 11.5 Å². The minimum atomic E-state index is -0.822. The number of phenolic OH excluding ortho intramolecular Hbond substituents is 2. The molecule has 1 unspecified atom stereocenters. The van der Waals surface area contributed by atoms with E-state index in [9.17, 15) is 15.0 Å². The zero-order chi connectivity index (χ0) is 16.9. The summed E-state index contributed by atoms with van der Waals surface area (Å²) in [6, 6.07) is 1.93. The second kappa shape index (κ2) is 5.43. The first kappa shape index (κ1) is 16.2. The Bertz CT molecular complexity index is 649. The highest BCUT2D eigenvalue weighted by atomic mass is 16.5. The van der Waals surface area contributed by atoms with Crippen LogP contribution in [0.4, 0.5) is 0 Å². The third-order valence-electron chi connectivity index (χ3n) is 5.70. The van der Waals surface area contributed by atoms with E-state index in [1.165, 1.54) is 0 Å². The third-order valence-corrected chi connectivity index (χ3v) is 5.70. The van der Waals surface area contributed by atoms with Crippen molar-refractivity contribution in [2.24, 2.45) is 5.92 Å². The number of unbranched alkanes of at least 4 members (excludes halogenated alkanes) is 1. The van der Waals surface area contributed by atoms with Crippen LogP contribution >= 0.6 is 0 Å². The van der Waals surface area contributed by atoms with Crippen LogP contribution in [0.25, 0.3) is 0 Å². The fourth-order valence-corrected chi connectivity index (χ4v) is 4.34. The average Bonchev–Trinajstić information content (AvgIpc) is 2.49. The van der Waals surface area contributed by atoms with Crippen molar-refractivity contribution in [3.05, 3.63) is 22.8 Å². The van der Waals surface area contributed by atoms with Gasteiger partial charge in [0.1, 0.15) is 6.10 Å². The minimum Gasteiger partial charge on any atom is -0.504 e. The fraction of sp³-hybridized carbons (Fsp3) is 0.632. The van der Waals surface area contributed by atoms with Gasteiger partial charge in [0.05, 0.1) is 5.41 Å². The van der Waals surface area contributed by atoms with Crippen molar-refractivity contribution in [3.8, 4) is 11.5 Å². The molecule has 4 rings (SSSR count). The van der Waals surface area contributed by atoms with Crippen LogP contribution in [0.15, 0.2) is 6.07 Å². The molecule has 2 heterocycles. The van der Waals surface area contributed by atoms with Crippen LogP contribution in [0.3, 0.4) is 0 Å². The van der Waals surface area contributed by atoms with Crippen LogP contribution < -0.4 is 0 Å². The highest BCUT2D eigenvalue weighted by Crippen LogP contribution is 2.60. The Morgan fingerprint density at radius 2 is 2.04 bits per heavy atom. The van der Waals surface area contributed by atoms with E-state index in [0.29, 0.717) is 17.5 Å². The van der Waals surface area contributed by atoms with E-state index in [1.54, 1.807) is 0 Å². The van der Waals surface area contributed by atoms with Crippen molar-refractivity contribution < 1.29 is 19.7 Å². The van der Waals surface area contributed by atoms with Gasteiger partial charge in [-0.1, -0.05) is 40.5 Å². The molecule has 126 valence electrons. The van der Waals surface area contributed by atoms with Crippen molar-refractivity contribution in [2.45, 2.75) is 70.8 Å². The molecule has 1 aliphatic carbocycles. The molecule has 4 nitrogen and oxygen atoms in total. The number of carbonyl (C=O) groups excluding carboxylic acids is 1. The van der Waals surface area contributed by atoms with E-state index >= 15 is 0 Å². The van der Waals surface area contributed by atoms with E-state index < -0.39 is 5.41 Å². The number of hydrogen-bond donors (Lipinski definition) is 2. The summed E-state index contributed by atoms with van der Waals surface area (Å²) in [6.45, 7) is 8.09. The average molecular weight is 318 g/mol. The highest BCUT2D eigenvalue weighted by Gasteiger charge is 2.58. The Hall–Kier alpha value is -1.71. The molecule has 23 heavy (non-hydrogen) atoms. The first-order valence-electron chi connectivity index (χ1n) is 8.64. The summed E-state index contributed by atoms with van der Waals surface area (Å²) in [5.74, 6) is -0.249. The van der Waals surface area contributed by atoms with Crippen molar-refractivity contribution in [1.82, 2.24) is 0 Å². The molecule has 1 aromatic carbocycles. The maximum atomic E-state index is 12.7. The largest absolute Gasteiger partial charge is 0.504 e. The summed E-state index contributed by atoms with van der Waals surface area (Å²) in [5.41, 5.74) is 1.39. The second-order valence-corrected chi connectivity index (χ2v) is 7.39. The van der Waals surface area contributed by atoms with Gasteiger partial charge in [-0.15, -0.1) is 0 Å². The Morgan fingerprint density at radius 1 is 1.35 bits per heavy atom. The molecule has 0 aromatic heterocycles. The lowest BCUT2D eigenvalue weighted by Crippen LogP contribution is -2.53. The molecule has 2 N–H and O–H groups in total. The fourth-order valence-electron chi connectivity index (χ4n) is 4.34. The quantitative estimate of drug-likeness (QED) is 0.642. The lowest BCUT2D eigenvalue weighted by Gasteiger charge is -2.50. The van der Waals surface area contributed by atoms with Crippen LogP contribution in [-0.2, 0) is 14.9 Å². The molecule has 0 spiro atoms. The molecule has 3 atom stereocenters. The Balaban J connectivity index is 2.27. The lowest BCUT2D eigenvalue weighted by molar-refractivity contribution is -0.174. The van der Waals surface area contributed by atoms with E-state index in [-0.39, 0.29) is 35.4 Å². The number of ether oxygens (including phenoxy) is 1. The van der Waals surface area contributed by atoms with Gasteiger partial charge in [0.2, 0.25) is 0 Å². The Labute approximate surface area is 137 Å². The summed E-state index contributed by atoms with van der Waals surface area (Å²) in [4.78, 5) is 12.7. The zero-order valence-electron chi connectivity index (χ0n) is 14.3. The summed E-state index contributed by atoms with van der Waals surface area (Å²) in [5, 5.41) is 21.2. The molecule has 1 aromatic rings. The molecule has 1 fully saturated rings. The normalized spacial score (nSPS) is 28.8. The van der Waals surface area contributed by atoms with E-state index in [4.69, 9.17) is 4.74 Å².